The molecule has 0 spiro atoms. The van der Waals surface area contributed by atoms with Crippen molar-refractivity contribution in [1.29, 1.82) is 0 Å². The van der Waals surface area contributed by atoms with Crippen LogP contribution in [0.25, 0.3) is 0 Å². The Morgan fingerprint density at radius 2 is 2.05 bits per heavy atom. The van der Waals surface area contributed by atoms with Gasteiger partial charge in [0.2, 0.25) is 10.0 Å². The van der Waals surface area contributed by atoms with Gasteiger partial charge in [0.25, 0.3) is 0 Å². The second-order valence-corrected chi connectivity index (χ2v) is 7.47. The standard InChI is InChI=1S/C14H14BrNO5S/c1-9-5-6-10(15)8-12(9)22(20,21)16-14(19)7-3-2-4-11(14)13(17)18/h2-8,11,16,19H,1H3,(H,17,18). The lowest BCUT2D eigenvalue weighted by Gasteiger charge is -2.31. The predicted molar refractivity (Wildman–Crippen MR) is 83.6 cm³/mol. The Balaban J connectivity index is 2.43. The number of aliphatic carboxylic acids is 1. The number of sulfonamides is 1. The number of hydrogen-bond acceptors (Lipinski definition) is 4. The lowest BCUT2D eigenvalue weighted by Crippen LogP contribution is -2.54. The van der Waals surface area contributed by atoms with Crippen LogP contribution >= 0.6 is 15.9 Å². The van der Waals surface area contributed by atoms with E-state index in [2.05, 4.69) is 20.7 Å². The zero-order valence-corrected chi connectivity index (χ0v) is 13.9. The van der Waals surface area contributed by atoms with Crippen molar-refractivity contribution in [2.24, 2.45) is 5.92 Å². The van der Waals surface area contributed by atoms with E-state index in [1.165, 1.54) is 24.3 Å². The molecule has 6 nitrogen and oxygen atoms in total. The highest BCUT2D eigenvalue weighted by Gasteiger charge is 2.42. The van der Waals surface area contributed by atoms with Crippen LogP contribution in [0, 0.1) is 12.8 Å². The fourth-order valence-corrected chi connectivity index (χ4v) is 4.15. The molecule has 0 fully saturated rings. The molecule has 3 N–H and O–H groups in total. The van der Waals surface area contributed by atoms with Crippen molar-refractivity contribution >= 4 is 31.9 Å². The molecule has 1 aliphatic rings. The Bertz CT molecular complexity index is 771. The van der Waals surface area contributed by atoms with Gasteiger partial charge in [0, 0.05) is 4.47 Å². The maximum Gasteiger partial charge on any atom is 0.315 e. The van der Waals surface area contributed by atoms with Gasteiger partial charge in [-0.1, -0.05) is 40.2 Å². The highest BCUT2D eigenvalue weighted by molar-refractivity contribution is 9.10. The molecule has 2 unspecified atom stereocenters. The summed E-state index contributed by atoms with van der Waals surface area (Å²) < 4.78 is 27.6. The summed E-state index contributed by atoms with van der Waals surface area (Å²) in [5.41, 5.74) is -1.75. The van der Waals surface area contributed by atoms with Crippen LogP contribution in [0.15, 0.2) is 51.9 Å². The van der Waals surface area contributed by atoms with Gasteiger partial charge in [-0.2, -0.15) is 4.72 Å². The van der Waals surface area contributed by atoms with Crippen molar-refractivity contribution in [3.63, 3.8) is 0 Å². The maximum absolute atomic E-state index is 12.5. The van der Waals surface area contributed by atoms with Crippen LogP contribution in [0.5, 0.6) is 0 Å². The Hall–Kier alpha value is -1.48. The van der Waals surface area contributed by atoms with E-state index >= 15 is 0 Å². The minimum Gasteiger partial charge on any atom is -0.481 e. The first-order valence-electron chi connectivity index (χ1n) is 6.27. The first kappa shape index (κ1) is 16.9. The molecule has 2 rings (SSSR count). The van der Waals surface area contributed by atoms with Gasteiger partial charge in [-0.25, -0.2) is 8.42 Å². The summed E-state index contributed by atoms with van der Waals surface area (Å²) in [6.45, 7) is 1.61. The quantitative estimate of drug-likeness (QED) is 0.679. The lowest BCUT2D eigenvalue weighted by molar-refractivity contribution is -0.146. The Labute approximate surface area is 136 Å². The second kappa shape index (κ2) is 5.96. The topological polar surface area (TPSA) is 104 Å². The summed E-state index contributed by atoms with van der Waals surface area (Å²) in [5, 5.41) is 19.6. The molecule has 0 aliphatic heterocycles. The fraction of sp³-hybridized carbons (Fsp3) is 0.214. The third kappa shape index (κ3) is 3.30. The summed E-state index contributed by atoms with van der Waals surface area (Å²) in [4.78, 5) is 11.2. The van der Waals surface area contributed by atoms with E-state index in [1.54, 1.807) is 19.1 Å². The third-order valence-corrected chi connectivity index (χ3v) is 5.35. The average molecular weight is 388 g/mol. The van der Waals surface area contributed by atoms with Gasteiger partial charge in [0.05, 0.1) is 4.90 Å². The number of benzene rings is 1. The number of carboxylic acids is 1. The predicted octanol–water partition coefficient (Wildman–Crippen LogP) is 1.55. The first-order valence-corrected chi connectivity index (χ1v) is 8.55. The SMILES string of the molecule is Cc1ccc(Br)cc1S(=O)(=O)NC1(O)C=CC=CC1C(=O)O. The number of nitrogens with one attached hydrogen (secondary N) is 1. The molecule has 0 heterocycles. The second-order valence-electron chi connectivity index (χ2n) is 4.90. The first-order chi connectivity index (χ1) is 10.2. The van der Waals surface area contributed by atoms with Crippen molar-refractivity contribution in [1.82, 2.24) is 4.72 Å². The molecule has 118 valence electrons. The van der Waals surface area contributed by atoms with Crippen molar-refractivity contribution < 1.29 is 23.4 Å². The molecule has 0 amide bonds. The highest BCUT2D eigenvalue weighted by Crippen LogP contribution is 2.27. The average Bonchev–Trinajstić information content (AvgIpc) is 2.40. The molecule has 0 aromatic heterocycles. The van der Waals surface area contributed by atoms with E-state index < -0.39 is 27.6 Å². The molecule has 2 atom stereocenters. The van der Waals surface area contributed by atoms with Gasteiger partial charge in [0.15, 0.2) is 5.72 Å². The number of hydrogen-bond donors (Lipinski definition) is 3. The Kier molecular flexibility index (Phi) is 4.57. The monoisotopic (exact) mass is 387 g/mol. The van der Waals surface area contributed by atoms with Gasteiger partial charge in [-0.3, -0.25) is 4.79 Å². The summed E-state index contributed by atoms with van der Waals surface area (Å²) in [5.74, 6) is -2.75. The van der Waals surface area contributed by atoms with Crippen LogP contribution < -0.4 is 4.72 Å². The normalized spacial score (nSPS) is 24.4. The van der Waals surface area contributed by atoms with Crippen molar-refractivity contribution in [3.05, 3.63) is 52.5 Å². The van der Waals surface area contributed by atoms with Gasteiger partial charge in [-0.15, -0.1) is 0 Å². The molecule has 1 aliphatic carbocycles. The maximum atomic E-state index is 12.5. The zero-order valence-electron chi connectivity index (χ0n) is 11.5. The van der Waals surface area contributed by atoms with Gasteiger partial charge in [0.1, 0.15) is 5.92 Å². The van der Waals surface area contributed by atoms with Crippen molar-refractivity contribution in [2.45, 2.75) is 17.5 Å². The molecular formula is C14H14BrNO5S. The summed E-state index contributed by atoms with van der Waals surface area (Å²) in [7, 11) is -4.12. The van der Waals surface area contributed by atoms with Crippen molar-refractivity contribution in [2.75, 3.05) is 0 Å². The Morgan fingerprint density at radius 3 is 2.68 bits per heavy atom. The van der Waals surface area contributed by atoms with E-state index in [1.807, 2.05) is 0 Å². The number of carbonyl (C=O) groups is 1. The molecule has 1 aromatic rings. The van der Waals surface area contributed by atoms with Crippen LogP contribution in [0.1, 0.15) is 5.56 Å². The van der Waals surface area contributed by atoms with E-state index in [-0.39, 0.29) is 4.90 Å². The van der Waals surface area contributed by atoms with E-state index in [0.717, 1.165) is 6.08 Å². The van der Waals surface area contributed by atoms with Crippen LogP contribution in [0.2, 0.25) is 0 Å². The number of halogens is 1. The van der Waals surface area contributed by atoms with E-state index in [4.69, 9.17) is 5.11 Å². The molecule has 0 saturated carbocycles. The van der Waals surface area contributed by atoms with Crippen LogP contribution in [0.3, 0.4) is 0 Å². The zero-order chi connectivity index (χ0) is 16.5. The Morgan fingerprint density at radius 1 is 1.36 bits per heavy atom. The highest BCUT2D eigenvalue weighted by atomic mass is 79.9. The van der Waals surface area contributed by atoms with Gasteiger partial charge < -0.3 is 10.2 Å². The summed E-state index contributed by atoms with van der Waals surface area (Å²) in [6, 6.07) is 4.68. The molecule has 22 heavy (non-hydrogen) atoms. The molecule has 0 radical (unpaired) electrons. The molecule has 0 saturated heterocycles. The van der Waals surface area contributed by atoms with Crippen LogP contribution in [-0.4, -0.2) is 30.3 Å². The van der Waals surface area contributed by atoms with E-state index in [9.17, 15) is 18.3 Å². The minimum absolute atomic E-state index is 0.0395. The summed E-state index contributed by atoms with van der Waals surface area (Å²) >= 11 is 3.19. The molecule has 0 bridgehead atoms. The van der Waals surface area contributed by atoms with E-state index in [0.29, 0.717) is 10.0 Å². The fourth-order valence-electron chi connectivity index (χ4n) is 2.13. The van der Waals surface area contributed by atoms with Crippen LogP contribution in [-0.2, 0) is 14.8 Å². The van der Waals surface area contributed by atoms with Gasteiger partial charge in [-0.05, 0) is 30.7 Å². The lowest BCUT2D eigenvalue weighted by atomic mass is 9.92. The van der Waals surface area contributed by atoms with Crippen molar-refractivity contribution in [3.8, 4) is 0 Å². The smallest absolute Gasteiger partial charge is 0.315 e. The molecular weight excluding hydrogens is 374 g/mol. The molecule has 1 aromatic carbocycles. The van der Waals surface area contributed by atoms with Crippen LogP contribution in [0.4, 0.5) is 0 Å². The number of aryl methyl sites for hydroxylation is 1. The molecule has 8 heteroatoms. The number of aliphatic hydroxyl groups is 1. The number of carboxylic acid groups (broad SMARTS) is 1. The minimum atomic E-state index is -4.12. The number of allylic oxidation sites excluding steroid dienone is 2. The number of rotatable bonds is 4. The summed E-state index contributed by atoms with van der Waals surface area (Å²) in [6.07, 6.45) is 5.15. The third-order valence-electron chi connectivity index (χ3n) is 3.24. The largest absolute Gasteiger partial charge is 0.481 e. The van der Waals surface area contributed by atoms with Gasteiger partial charge >= 0.3 is 5.97 Å².